The molecule has 1 aromatic rings. The number of carbonyl (C=O) groups excluding carboxylic acids is 1. The summed E-state index contributed by atoms with van der Waals surface area (Å²) in [6.07, 6.45) is 5.66. The number of hydrogen-bond donors (Lipinski definition) is 1. The maximum atomic E-state index is 10.7. The minimum Gasteiger partial charge on any atom is -0.289 e. The Morgan fingerprint density at radius 2 is 2.50 bits per heavy atom. The fourth-order valence-electron chi connectivity index (χ4n) is 0.580. The lowest BCUT2D eigenvalue weighted by Crippen LogP contribution is -2.07. The highest BCUT2D eigenvalue weighted by molar-refractivity contribution is 7.15. The molecule has 5 heteroatoms. The summed E-state index contributed by atoms with van der Waals surface area (Å²) in [4.78, 5) is 10.7. The van der Waals surface area contributed by atoms with Gasteiger partial charge in [0.15, 0.2) is 0 Å². The van der Waals surface area contributed by atoms with E-state index in [2.05, 4.69) is 15.5 Å². The molecule has 12 heavy (non-hydrogen) atoms. The lowest BCUT2D eigenvalue weighted by molar-refractivity contribution is -0.111. The average molecular weight is 181 g/mol. The second-order valence-corrected chi connectivity index (χ2v) is 3.02. The summed E-state index contributed by atoms with van der Waals surface area (Å²) < 4.78 is 0. The zero-order valence-electron chi connectivity index (χ0n) is 6.50. The molecule has 0 aliphatic heterocycles. The first-order valence-corrected chi connectivity index (χ1v) is 4.18. The first-order chi connectivity index (χ1) is 5.76. The summed E-state index contributed by atoms with van der Waals surface area (Å²) >= 11 is 1.33. The van der Waals surface area contributed by atoms with Crippen molar-refractivity contribution in [1.82, 2.24) is 10.2 Å². The van der Waals surface area contributed by atoms with Crippen LogP contribution in [0, 0.1) is 12.3 Å². The van der Waals surface area contributed by atoms with Gasteiger partial charge in [-0.05, 0) is 12.3 Å². The average Bonchev–Trinajstić information content (AvgIpc) is 2.52. The molecule has 0 fully saturated rings. The number of carbonyl (C=O) groups is 1. The second kappa shape index (κ2) is 3.83. The van der Waals surface area contributed by atoms with Gasteiger partial charge >= 0.3 is 5.91 Å². The molecule has 1 aromatic heterocycles. The molecule has 62 valence electrons. The maximum Gasteiger partial charge on any atom is 0.301 e. The number of hydrogen-bond acceptors (Lipinski definition) is 4. The van der Waals surface area contributed by atoms with Gasteiger partial charge in [-0.15, -0.1) is 16.6 Å². The number of aromatic nitrogens is 2. The van der Waals surface area contributed by atoms with Crippen molar-refractivity contribution in [2.45, 2.75) is 13.3 Å². The van der Waals surface area contributed by atoms with Crippen molar-refractivity contribution >= 4 is 22.4 Å². The number of rotatable bonds is 2. The number of nitrogens with one attached hydrogen (secondary N) is 1. The third kappa shape index (κ3) is 2.04. The van der Waals surface area contributed by atoms with Crippen LogP contribution in [0.4, 0.5) is 5.13 Å². The number of terminal acetylenes is 1. The molecule has 0 spiro atoms. The molecule has 0 saturated heterocycles. The Bertz CT molecular complexity index is 326. The molecule has 0 radical (unpaired) electrons. The Balaban J connectivity index is 2.65. The van der Waals surface area contributed by atoms with Crippen molar-refractivity contribution < 1.29 is 4.79 Å². The van der Waals surface area contributed by atoms with Crippen molar-refractivity contribution in [3.63, 3.8) is 0 Å². The third-order valence-electron chi connectivity index (χ3n) is 1.12. The van der Waals surface area contributed by atoms with Crippen molar-refractivity contribution in [3.8, 4) is 12.3 Å². The summed E-state index contributed by atoms with van der Waals surface area (Å²) in [6, 6.07) is 0. The zero-order chi connectivity index (χ0) is 8.97. The Kier molecular flexibility index (Phi) is 2.77. The zero-order valence-corrected chi connectivity index (χ0v) is 7.31. The highest BCUT2D eigenvalue weighted by Crippen LogP contribution is 2.14. The second-order valence-electron chi connectivity index (χ2n) is 1.95. The highest BCUT2D eigenvalue weighted by Gasteiger charge is 2.03. The number of amides is 1. The maximum absolute atomic E-state index is 10.7. The van der Waals surface area contributed by atoms with Crippen LogP contribution in [0.25, 0.3) is 0 Å². The van der Waals surface area contributed by atoms with Crippen molar-refractivity contribution in [2.75, 3.05) is 5.32 Å². The molecule has 0 bridgehead atoms. The SMILES string of the molecule is C#CC(=O)Nc1nnc(CC)s1. The van der Waals surface area contributed by atoms with E-state index in [1.807, 2.05) is 12.8 Å². The Morgan fingerprint density at radius 1 is 1.75 bits per heavy atom. The molecule has 1 N–H and O–H groups in total. The van der Waals surface area contributed by atoms with E-state index in [9.17, 15) is 4.79 Å². The molecule has 1 rings (SSSR count). The van der Waals surface area contributed by atoms with Crippen LogP contribution in [0.3, 0.4) is 0 Å². The molecule has 0 aromatic carbocycles. The van der Waals surface area contributed by atoms with Crippen molar-refractivity contribution in [2.24, 2.45) is 0 Å². The van der Waals surface area contributed by atoms with Crippen LogP contribution in [0.2, 0.25) is 0 Å². The molecular formula is C7H7N3OS. The van der Waals surface area contributed by atoms with E-state index in [4.69, 9.17) is 6.42 Å². The van der Waals surface area contributed by atoms with Gasteiger partial charge in [0.25, 0.3) is 0 Å². The van der Waals surface area contributed by atoms with Gasteiger partial charge in [-0.2, -0.15) is 0 Å². The summed E-state index contributed by atoms with van der Waals surface area (Å²) in [7, 11) is 0. The topological polar surface area (TPSA) is 54.9 Å². The molecule has 0 unspecified atom stereocenters. The van der Waals surface area contributed by atoms with Gasteiger partial charge in [0.1, 0.15) is 5.01 Å². The molecule has 0 aliphatic rings. The molecule has 4 nitrogen and oxygen atoms in total. The number of anilines is 1. The normalized spacial score (nSPS) is 9.00. The van der Waals surface area contributed by atoms with Gasteiger partial charge in [0.05, 0.1) is 0 Å². The van der Waals surface area contributed by atoms with Gasteiger partial charge < -0.3 is 0 Å². The standard InChI is InChI=1S/C7H7N3OS/c1-3-5(11)8-7-10-9-6(4-2)12-7/h1H,4H2,2H3,(H,8,10,11). The fourth-order valence-corrected chi connectivity index (χ4v) is 1.25. The molecule has 0 saturated carbocycles. The molecule has 1 amide bonds. The van der Waals surface area contributed by atoms with E-state index in [0.29, 0.717) is 5.13 Å². The fraction of sp³-hybridized carbons (Fsp3) is 0.286. The Morgan fingerprint density at radius 3 is 3.00 bits per heavy atom. The molecule has 0 atom stereocenters. The summed E-state index contributed by atoms with van der Waals surface area (Å²) in [5.74, 6) is 1.44. The van der Waals surface area contributed by atoms with E-state index in [-0.39, 0.29) is 0 Å². The molecule has 0 aliphatic carbocycles. The smallest absolute Gasteiger partial charge is 0.289 e. The van der Waals surface area contributed by atoms with Gasteiger partial charge in [-0.1, -0.05) is 18.3 Å². The van der Waals surface area contributed by atoms with Crippen LogP contribution >= 0.6 is 11.3 Å². The third-order valence-corrected chi connectivity index (χ3v) is 2.10. The van der Waals surface area contributed by atoms with Crippen LogP contribution in [0.5, 0.6) is 0 Å². The minimum atomic E-state index is -0.492. The molecule has 1 heterocycles. The minimum absolute atomic E-state index is 0.454. The summed E-state index contributed by atoms with van der Waals surface area (Å²) in [5.41, 5.74) is 0. The van der Waals surface area contributed by atoms with Crippen molar-refractivity contribution in [3.05, 3.63) is 5.01 Å². The van der Waals surface area contributed by atoms with Crippen LogP contribution in [-0.4, -0.2) is 16.1 Å². The summed E-state index contributed by atoms with van der Waals surface area (Å²) in [6.45, 7) is 1.97. The van der Waals surface area contributed by atoms with Crippen molar-refractivity contribution in [1.29, 1.82) is 0 Å². The number of nitrogens with zero attached hydrogens (tertiary/aromatic N) is 2. The lowest BCUT2D eigenvalue weighted by Gasteiger charge is -1.89. The first kappa shape index (κ1) is 8.68. The number of aryl methyl sites for hydroxylation is 1. The Labute approximate surface area is 74.0 Å². The van der Waals surface area contributed by atoms with Gasteiger partial charge in [0, 0.05) is 0 Å². The predicted molar refractivity (Wildman–Crippen MR) is 46.7 cm³/mol. The first-order valence-electron chi connectivity index (χ1n) is 3.36. The van der Waals surface area contributed by atoms with E-state index in [1.54, 1.807) is 0 Å². The van der Waals surface area contributed by atoms with E-state index < -0.39 is 5.91 Å². The van der Waals surface area contributed by atoms with E-state index in [0.717, 1.165) is 11.4 Å². The van der Waals surface area contributed by atoms with E-state index in [1.165, 1.54) is 11.3 Å². The van der Waals surface area contributed by atoms with Gasteiger partial charge in [0.2, 0.25) is 5.13 Å². The lowest BCUT2D eigenvalue weighted by atomic mass is 10.5. The summed E-state index contributed by atoms with van der Waals surface area (Å²) in [5, 5.41) is 11.3. The highest BCUT2D eigenvalue weighted by atomic mass is 32.1. The quantitative estimate of drug-likeness (QED) is 0.682. The van der Waals surface area contributed by atoms with Crippen LogP contribution < -0.4 is 5.32 Å². The van der Waals surface area contributed by atoms with Gasteiger partial charge in [-0.3, -0.25) is 10.1 Å². The van der Waals surface area contributed by atoms with E-state index >= 15 is 0 Å². The Hall–Kier alpha value is -1.41. The molecular weight excluding hydrogens is 174 g/mol. The monoisotopic (exact) mass is 181 g/mol. The largest absolute Gasteiger partial charge is 0.301 e. The predicted octanol–water partition coefficient (Wildman–Crippen LogP) is 0.672. The van der Waals surface area contributed by atoms with Crippen LogP contribution in [-0.2, 0) is 11.2 Å². The van der Waals surface area contributed by atoms with Crippen LogP contribution in [0.1, 0.15) is 11.9 Å². The van der Waals surface area contributed by atoms with Crippen LogP contribution in [0.15, 0.2) is 0 Å². The van der Waals surface area contributed by atoms with Gasteiger partial charge in [-0.25, -0.2) is 0 Å².